The van der Waals surface area contributed by atoms with Gasteiger partial charge in [-0.1, -0.05) is 18.2 Å². The number of benzene rings is 1. The number of para-hydroxylation sites is 1. The molecule has 2 heterocycles. The predicted molar refractivity (Wildman–Crippen MR) is 92.7 cm³/mol. The van der Waals surface area contributed by atoms with Crippen LogP contribution in [-0.2, 0) is 16.1 Å². The number of aromatic hydroxyl groups is 1. The molecule has 2 saturated heterocycles. The number of phenols is 1. The first kappa shape index (κ1) is 17.2. The standard InChI is InChI=1S/C19H28N2O3/c1-20-10-4-7-16(12-20)19(23)21(14-17-8-5-11-24-17)13-15-6-2-3-9-18(15)22/h2-3,6,9,16-17,22H,4-5,7-8,10-14H2,1H3. The first-order chi connectivity index (χ1) is 11.6. The Morgan fingerprint density at radius 3 is 2.88 bits per heavy atom. The minimum absolute atomic E-state index is 0.0519. The molecule has 1 aromatic rings. The summed E-state index contributed by atoms with van der Waals surface area (Å²) < 4.78 is 5.74. The zero-order valence-corrected chi connectivity index (χ0v) is 14.5. The van der Waals surface area contributed by atoms with Crippen LogP contribution in [0.3, 0.4) is 0 Å². The summed E-state index contributed by atoms with van der Waals surface area (Å²) in [6.45, 7) is 3.74. The van der Waals surface area contributed by atoms with Crippen molar-refractivity contribution in [2.24, 2.45) is 5.92 Å². The highest BCUT2D eigenvalue weighted by Crippen LogP contribution is 2.24. The third-order valence-corrected chi connectivity index (χ3v) is 5.09. The van der Waals surface area contributed by atoms with Gasteiger partial charge in [0.1, 0.15) is 5.75 Å². The maximum Gasteiger partial charge on any atom is 0.227 e. The number of carbonyl (C=O) groups is 1. The Balaban J connectivity index is 1.73. The Labute approximate surface area is 144 Å². The van der Waals surface area contributed by atoms with Gasteiger partial charge < -0.3 is 19.6 Å². The molecule has 0 aromatic heterocycles. The predicted octanol–water partition coefficient (Wildman–Crippen LogP) is 2.24. The SMILES string of the molecule is CN1CCCC(C(=O)N(Cc2ccccc2O)CC2CCCO2)C1. The number of hydrogen-bond acceptors (Lipinski definition) is 4. The second kappa shape index (κ2) is 7.99. The number of rotatable bonds is 5. The molecule has 24 heavy (non-hydrogen) atoms. The molecule has 1 N–H and O–H groups in total. The summed E-state index contributed by atoms with van der Waals surface area (Å²) in [7, 11) is 2.08. The van der Waals surface area contributed by atoms with Gasteiger partial charge in [0, 0.05) is 31.8 Å². The van der Waals surface area contributed by atoms with E-state index in [9.17, 15) is 9.90 Å². The Morgan fingerprint density at radius 2 is 2.17 bits per heavy atom. The first-order valence-corrected chi connectivity index (χ1v) is 8.99. The molecule has 2 fully saturated rings. The van der Waals surface area contributed by atoms with Gasteiger partial charge in [-0.05, 0) is 45.3 Å². The van der Waals surface area contributed by atoms with Crippen LogP contribution in [-0.4, -0.2) is 60.2 Å². The van der Waals surface area contributed by atoms with Crippen molar-refractivity contribution >= 4 is 5.91 Å². The van der Waals surface area contributed by atoms with Gasteiger partial charge in [0.2, 0.25) is 5.91 Å². The lowest BCUT2D eigenvalue weighted by Crippen LogP contribution is -2.45. The number of hydrogen-bond donors (Lipinski definition) is 1. The van der Waals surface area contributed by atoms with Crippen LogP contribution in [0.25, 0.3) is 0 Å². The number of ether oxygens (including phenoxy) is 1. The van der Waals surface area contributed by atoms with Gasteiger partial charge in [-0.25, -0.2) is 0 Å². The van der Waals surface area contributed by atoms with E-state index in [-0.39, 0.29) is 23.7 Å². The normalized spacial score (nSPS) is 24.9. The first-order valence-electron chi connectivity index (χ1n) is 8.99. The summed E-state index contributed by atoms with van der Waals surface area (Å²) in [5, 5.41) is 10.1. The Hall–Kier alpha value is -1.59. The average Bonchev–Trinajstić information content (AvgIpc) is 3.08. The van der Waals surface area contributed by atoms with E-state index in [1.807, 2.05) is 17.0 Å². The molecule has 0 aliphatic carbocycles. The van der Waals surface area contributed by atoms with Crippen LogP contribution < -0.4 is 0 Å². The molecule has 3 rings (SSSR count). The fourth-order valence-corrected chi connectivity index (χ4v) is 3.74. The van der Waals surface area contributed by atoms with Crippen molar-refractivity contribution in [3.05, 3.63) is 29.8 Å². The van der Waals surface area contributed by atoms with E-state index in [1.54, 1.807) is 12.1 Å². The summed E-state index contributed by atoms with van der Waals surface area (Å²) in [4.78, 5) is 17.2. The van der Waals surface area contributed by atoms with E-state index in [0.29, 0.717) is 13.1 Å². The quantitative estimate of drug-likeness (QED) is 0.898. The molecule has 132 valence electrons. The van der Waals surface area contributed by atoms with Crippen molar-refractivity contribution < 1.29 is 14.6 Å². The molecular formula is C19H28N2O3. The molecular weight excluding hydrogens is 304 g/mol. The summed E-state index contributed by atoms with van der Waals surface area (Å²) >= 11 is 0. The molecule has 5 nitrogen and oxygen atoms in total. The van der Waals surface area contributed by atoms with Gasteiger partial charge in [0.05, 0.1) is 12.0 Å². The molecule has 1 amide bonds. The summed E-state index contributed by atoms with van der Waals surface area (Å²) in [6, 6.07) is 7.27. The summed E-state index contributed by atoms with van der Waals surface area (Å²) in [5.74, 6) is 0.500. The van der Waals surface area contributed by atoms with E-state index in [2.05, 4.69) is 11.9 Å². The van der Waals surface area contributed by atoms with Gasteiger partial charge in [-0.15, -0.1) is 0 Å². The van der Waals surface area contributed by atoms with Crippen LogP contribution in [0.5, 0.6) is 5.75 Å². The van der Waals surface area contributed by atoms with Gasteiger partial charge in [-0.2, -0.15) is 0 Å². The molecule has 0 radical (unpaired) electrons. The van der Waals surface area contributed by atoms with Gasteiger partial charge >= 0.3 is 0 Å². The number of nitrogens with zero attached hydrogens (tertiary/aromatic N) is 2. The highest BCUT2D eigenvalue weighted by molar-refractivity contribution is 5.79. The Morgan fingerprint density at radius 1 is 1.33 bits per heavy atom. The van der Waals surface area contributed by atoms with Gasteiger partial charge in [-0.3, -0.25) is 4.79 Å². The number of amides is 1. The molecule has 0 spiro atoms. The molecule has 1 aromatic carbocycles. The second-order valence-corrected chi connectivity index (χ2v) is 7.08. The van der Waals surface area contributed by atoms with Crippen molar-refractivity contribution in [3.63, 3.8) is 0 Å². The largest absolute Gasteiger partial charge is 0.508 e. The highest BCUT2D eigenvalue weighted by atomic mass is 16.5. The van der Waals surface area contributed by atoms with E-state index >= 15 is 0 Å². The van der Waals surface area contributed by atoms with Crippen molar-refractivity contribution in [3.8, 4) is 5.75 Å². The van der Waals surface area contributed by atoms with Crippen molar-refractivity contribution in [1.82, 2.24) is 9.80 Å². The average molecular weight is 332 g/mol. The minimum Gasteiger partial charge on any atom is -0.508 e. The van der Waals surface area contributed by atoms with Crippen LogP contribution >= 0.6 is 0 Å². The van der Waals surface area contributed by atoms with E-state index in [4.69, 9.17) is 4.74 Å². The molecule has 2 atom stereocenters. The molecule has 2 unspecified atom stereocenters. The van der Waals surface area contributed by atoms with Crippen LogP contribution in [0.4, 0.5) is 0 Å². The lowest BCUT2D eigenvalue weighted by atomic mass is 9.96. The van der Waals surface area contributed by atoms with Crippen LogP contribution in [0, 0.1) is 5.92 Å². The molecule has 0 saturated carbocycles. The molecule has 0 bridgehead atoms. The number of carbonyl (C=O) groups excluding carboxylic acids is 1. The van der Waals surface area contributed by atoms with Crippen LogP contribution in [0.15, 0.2) is 24.3 Å². The third kappa shape index (κ3) is 4.28. The number of phenolic OH excluding ortho intramolecular Hbond substituents is 1. The maximum absolute atomic E-state index is 13.1. The monoisotopic (exact) mass is 332 g/mol. The van der Waals surface area contributed by atoms with Crippen molar-refractivity contribution in [1.29, 1.82) is 0 Å². The summed E-state index contributed by atoms with van der Waals surface area (Å²) in [6.07, 6.45) is 4.22. The zero-order valence-electron chi connectivity index (χ0n) is 14.5. The van der Waals surface area contributed by atoms with Crippen LogP contribution in [0.2, 0.25) is 0 Å². The lowest BCUT2D eigenvalue weighted by Gasteiger charge is -2.34. The minimum atomic E-state index is 0.0519. The smallest absolute Gasteiger partial charge is 0.227 e. The van der Waals surface area contributed by atoms with E-state index in [1.165, 1.54) is 0 Å². The molecule has 5 heteroatoms. The van der Waals surface area contributed by atoms with Crippen LogP contribution in [0.1, 0.15) is 31.2 Å². The lowest BCUT2D eigenvalue weighted by molar-refractivity contribution is -0.139. The third-order valence-electron chi connectivity index (χ3n) is 5.09. The maximum atomic E-state index is 13.1. The Bertz CT molecular complexity index is 557. The topological polar surface area (TPSA) is 53.0 Å². The van der Waals surface area contributed by atoms with Gasteiger partial charge in [0.15, 0.2) is 0 Å². The number of likely N-dealkylation sites (tertiary alicyclic amines) is 1. The fraction of sp³-hybridized carbons (Fsp3) is 0.632. The fourth-order valence-electron chi connectivity index (χ4n) is 3.74. The van der Waals surface area contributed by atoms with Gasteiger partial charge in [0.25, 0.3) is 0 Å². The van der Waals surface area contributed by atoms with E-state index < -0.39 is 0 Å². The van der Waals surface area contributed by atoms with Crippen molar-refractivity contribution in [2.45, 2.75) is 38.3 Å². The highest BCUT2D eigenvalue weighted by Gasteiger charge is 2.30. The second-order valence-electron chi connectivity index (χ2n) is 7.08. The van der Waals surface area contributed by atoms with E-state index in [0.717, 1.165) is 50.9 Å². The number of piperidine rings is 1. The van der Waals surface area contributed by atoms with Crippen molar-refractivity contribution in [2.75, 3.05) is 33.3 Å². The summed E-state index contributed by atoms with van der Waals surface area (Å²) in [5.41, 5.74) is 0.799. The molecule has 2 aliphatic rings. The Kier molecular flexibility index (Phi) is 5.74. The molecule has 2 aliphatic heterocycles. The zero-order chi connectivity index (χ0) is 16.9.